The predicted octanol–water partition coefficient (Wildman–Crippen LogP) is 6.33. The SMILES string of the molecule is COc1cc(/C=C/C(=O)c2ccc(NC(=O)/C(=C/c3ccc(C)cc3)NC(=O)c3ccccc3)cc2)cc(OC)c1OC. The summed E-state index contributed by atoms with van der Waals surface area (Å²) in [5.74, 6) is 0.263. The maximum absolute atomic E-state index is 13.3. The number of allylic oxidation sites excluding steroid dienone is 1. The monoisotopic (exact) mass is 576 g/mol. The number of aryl methyl sites for hydroxylation is 1. The van der Waals surface area contributed by atoms with Crippen molar-refractivity contribution in [3.05, 3.63) is 131 Å². The van der Waals surface area contributed by atoms with Crippen LogP contribution in [0, 0.1) is 6.92 Å². The van der Waals surface area contributed by atoms with E-state index in [0.717, 1.165) is 11.1 Å². The summed E-state index contributed by atoms with van der Waals surface area (Å²) in [4.78, 5) is 39.0. The molecule has 0 unspecified atom stereocenters. The summed E-state index contributed by atoms with van der Waals surface area (Å²) >= 11 is 0. The Hall–Kier alpha value is -5.63. The van der Waals surface area contributed by atoms with Gasteiger partial charge in [0.15, 0.2) is 17.3 Å². The largest absolute Gasteiger partial charge is 0.493 e. The number of nitrogens with one attached hydrogen (secondary N) is 2. The van der Waals surface area contributed by atoms with E-state index in [1.165, 1.54) is 27.4 Å². The number of carbonyl (C=O) groups is 3. The van der Waals surface area contributed by atoms with Crippen molar-refractivity contribution in [3.63, 3.8) is 0 Å². The van der Waals surface area contributed by atoms with Gasteiger partial charge in [0.1, 0.15) is 5.70 Å². The van der Waals surface area contributed by atoms with Crippen LogP contribution in [0.3, 0.4) is 0 Å². The van der Waals surface area contributed by atoms with Crippen LogP contribution < -0.4 is 24.8 Å². The van der Waals surface area contributed by atoms with Gasteiger partial charge in [0.05, 0.1) is 21.3 Å². The van der Waals surface area contributed by atoms with Crippen molar-refractivity contribution in [2.45, 2.75) is 6.92 Å². The number of methoxy groups -OCH3 is 3. The minimum absolute atomic E-state index is 0.0751. The maximum atomic E-state index is 13.3. The molecule has 0 aromatic heterocycles. The Bertz CT molecular complexity index is 1630. The van der Waals surface area contributed by atoms with Crippen LogP contribution in [0.25, 0.3) is 12.2 Å². The molecule has 218 valence electrons. The van der Waals surface area contributed by atoms with Crippen LogP contribution in [0.2, 0.25) is 0 Å². The van der Waals surface area contributed by atoms with Crippen molar-refractivity contribution in [3.8, 4) is 17.2 Å². The molecule has 4 rings (SSSR count). The van der Waals surface area contributed by atoms with Crippen LogP contribution >= 0.6 is 0 Å². The number of amides is 2. The normalized spacial score (nSPS) is 11.1. The van der Waals surface area contributed by atoms with Gasteiger partial charge in [-0.3, -0.25) is 14.4 Å². The van der Waals surface area contributed by atoms with Crippen LogP contribution in [0.4, 0.5) is 5.69 Å². The molecule has 0 aliphatic rings. The third-order valence-electron chi connectivity index (χ3n) is 6.46. The molecule has 4 aromatic rings. The molecule has 0 heterocycles. The smallest absolute Gasteiger partial charge is 0.272 e. The van der Waals surface area contributed by atoms with Gasteiger partial charge in [-0.05, 0) is 78.7 Å². The third-order valence-corrected chi connectivity index (χ3v) is 6.46. The summed E-state index contributed by atoms with van der Waals surface area (Å²) in [5, 5.41) is 5.52. The van der Waals surface area contributed by atoms with Gasteiger partial charge < -0.3 is 24.8 Å². The lowest BCUT2D eigenvalue weighted by Gasteiger charge is -2.12. The highest BCUT2D eigenvalue weighted by Gasteiger charge is 2.16. The first kappa shape index (κ1) is 30.3. The molecular formula is C35H32N2O6. The number of anilines is 1. The number of carbonyl (C=O) groups excluding carboxylic acids is 3. The van der Waals surface area contributed by atoms with E-state index in [1.807, 2.05) is 37.3 Å². The first-order chi connectivity index (χ1) is 20.8. The zero-order chi connectivity index (χ0) is 30.8. The van der Waals surface area contributed by atoms with E-state index in [-0.39, 0.29) is 11.5 Å². The maximum Gasteiger partial charge on any atom is 0.272 e. The van der Waals surface area contributed by atoms with Crippen molar-refractivity contribution in [2.24, 2.45) is 0 Å². The number of ketones is 1. The summed E-state index contributed by atoms with van der Waals surface area (Å²) in [6.07, 6.45) is 4.71. The summed E-state index contributed by atoms with van der Waals surface area (Å²) in [6.45, 7) is 1.97. The van der Waals surface area contributed by atoms with Crippen LogP contribution in [-0.4, -0.2) is 38.9 Å². The molecule has 0 saturated heterocycles. The molecule has 0 bridgehead atoms. The number of rotatable bonds is 11. The zero-order valence-electron chi connectivity index (χ0n) is 24.3. The van der Waals surface area contributed by atoms with E-state index in [0.29, 0.717) is 39.6 Å². The Labute approximate surface area is 250 Å². The molecule has 2 amide bonds. The first-order valence-electron chi connectivity index (χ1n) is 13.4. The molecular weight excluding hydrogens is 544 g/mol. The Balaban J connectivity index is 1.49. The fourth-order valence-electron chi connectivity index (χ4n) is 4.15. The standard InChI is InChI=1S/C35H32N2O6/c1-23-10-12-24(13-11-23)20-29(37-34(39)27-8-6-5-7-9-27)35(40)36-28-17-15-26(16-18-28)30(38)19-14-25-21-31(41-2)33(43-4)32(22-25)42-3/h5-22H,1-4H3,(H,36,40)(H,37,39)/b19-14+,29-20-. The van der Waals surface area contributed by atoms with Crippen LogP contribution in [0.15, 0.2) is 103 Å². The zero-order valence-corrected chi connectivity index (χ0v) is 24.3. The quantitative estimate of drug-likeness (QED) is 0.160. The number of benzene rings is 4. The topological polar surface area (TPSA) is 103 Å². The number of ether oxygens (including phenoxy) is 3. The number of hydrogen-bond acceptors (Lipinski definition) is 6. The van der Waals surface area contributed by atoms with E-state index in [4.69, 9.17) is 14.2 Å². The van der Waals surface area contributed by atoms with Crippen molar-refractivity contribution in [1.82, 2.24) is 5.32 Å². The van der Waals surface area contributed by atoms with Gasteiger partial charge in [0.2, 0.25) is 5.75 Å². The van der Waals surface area contributed by atoms with Gasteiger partial charge in [0, 0.05) is 16.8 Å². The van der Waals surface area contributed by atoms with E-state index >= 15 is 0 Å². The molecule has 4 aromatic carbocycles. The Morgan fingerprint density at radius 2 is 1.33 bits per heavy atom. The minimum atomic E-state index is -0.508. The highest BCUT2D eigenvalue weighted by molar-refractivity contribution is 6.11. The van der Waals surface area contributed by atoms with Crippen molar-refractivity contribution in [2.75, 3.05) is 26.6 Å². The molecule has 43 heavy (non-hydrogen) atoms. The van der Waals surface area contributed by atoms with Crippen LogP contribution in [-0.2, 0) is 4.79 Å². The predicted molar refractivity (Wildman–Crippen MR) is 168 cm³/mol. The van der Waals surface area contributed by atoms with E-state index in [2.05, 4.69) is 10.6 Å². The average molecular weight is 577 g/mol. The van der Waals surface area contributed by atoms with Gasteiger partial charge in [-0.25, -0.2) is 0 Å². The summed E-state index contributed by atoms with van der Waals surface area (Å²) in [7, 11) is 4.57. The molecule has 0 saturated carbocycles. The summed E-state index contributed by atoms with van der Waals surface area (Å²) < 4.78 is 16.1. The fraction of sp³-hybridized carbons (Fsp3) is 0.114. The molecule has 0 fully saturated rings. The van der Waals surface area contributed by atoms with E-state index < -0.39 is 11.8 Å². The fourth-order valence-corrected chi connectivity index (χ4v) is 4.15. The Morgan fingerprint density at radius 3 is 1.91 bits per heavy atom. The van der Waals surface area contributed by atoms with Crippen LogP contribution in [0.1, 0.15) is 37.4 Å². The van der Waals surface area contributed by atoms with Crippen molar-refractivity contribution < 1.29 is 28.6 Å². The molecule has 0 aliphatic heterocycles. The second-order valence-electron chi connectivity index (χ2n) is 9.48. The third kappa shape index (κ3) is 7.98. The Morgan fingerprint density at radius 1 is 0.698 bits per heavy atom. The minimum Gasteiger partial charge on any atom is -0.493 e. The lowest BCUT2D eigenvalue weighted by molar-refractivity contribution is -0.113. The van der Waals surface area contributed by atoms with Gasteiger partial charge in [-0.15, -0.1) is 0 Å². The lowest BCUT2D eigenvalue weighted by atomic mass is 10.1. The molecule has 8 heteroatoms. The van der Waals surface area contributed by atoms with Gasteiger partial charge in [-0.2, -0.15) is 0 Å². The van der Waals surface area contributed by atoms with Gasteiger partial charge >= 0.3 is 0 Å². The van der Waals surface area contributed by atoms with E-state index in [9.17, 15) is 14.4 Å². The summed E-state index contributed by atoms with van der Waals surface area (Å²) in [5.41, 5.74) is 3.90. The molecule has 2 N–H and O–H groups in total. The average Bonchev–Trinajstić information content (AvgIpc) is 3.04. The molecule has 8 nitrogen and oxygen atoms in total. The van der Waals surface area contributed by atoms with Crippen molar-refractivity contribution in [1.29, 1.82) is 0 Å². The Kier molecular flexibility index (Phi) is 10.1. The highest BCUT2D eigenvalue weighted by atomic mass is 16.5. The lowest BCUT2D eigenvalue weighted by Crippen LogP contribution is -2.30. The molecule has 0 atom stereocenters. The molecule has 0 aliphatic carbocycles. The molecule has 0 spiro atoms. The summed E-state index contributed by atoms with van der Waals surface area (Å²) in [6, 6.07) is 26.2. The van der Waals surface area contributed by atoms with E-state index in [1.54, 1.807) is 72.8 Å². The van der Waals surface area contributed by atoms with Crippen LogP contribution in [0.5, 0.6) is 17.2 Å². The van der Waals surface area contributed by atoms with Gasteiger partial charge in [-0.1, -0.05) is 54.1 Å². The second kappa shape index (κ2) is 14.3. The second-order valence-corrected chi connectivity index (χ2v) is 9.48. The van der Waals surface area contributed by atoms with Gasteiger partial charge in [0.25, 0.3) is 11.8 Å². The molecule has 0 radical (unpaired) electrons. The first-order valence-corrected chi connectivity index (χ1v) is 13.4. The number of hydrogen-bond donors (Lipinski definition) is 2. The van der Waals surface area contributed by atoms with Crippen molar-refractivity contribution >= 4 is 35.4 Å². The highest BCUT2D eigenvalue weighted by Crippen LogP contribution is 2.38.